The van der Waals surface area contributed by atoms with Crippen molar-refractivity contribution in [1.82, 2.24) is 4.90 Å². The Labute approximate surface area is 109 Å². The van der Waals surface area contributed by atoms with E-state index in [4.69, 9.17) is 16.3 Å². The van der Waals surface area contributed by atoms with Crippen molar-refractivity contribution in [1.29, 1.82) is 0 Å². The van der Waals surface area contributed by atoms with E-state index in [0.717, 1.165) is 4.90 Å². The van der Waals surface area contributed by atoms with Gasteiger partial charge in [-0.2, -0.15) is 8.78 Å². The van der Waals surface area contributed by atoms with Gasteiger partial charge >= 0.3 is 12.0 Å². The molecule has 18 heavy (non-hydrogen) atoms. The molecule has 0 radical (unpaired) electrons. The van der Waals surface area contributed by atoms with Crippen LogP contribution >= 0.6 is 11.6 Å². The summed E-state index contributed by atoms with van der Waals surface area (Å²) in [4.78, 5) is 23.4. The molecule has 0 aromatic carbocycles. The summed E-state index contributed by atoms with van der Waals surface area (Å²) in [5.74, 6) is -3.74. The van der Waals surface area contributed by atoms with Gasteiger partial charge in [-0.15, -0.1) is 0 Å². The average Bonchev–Trinajstić information content (AvgIpc) is 2.62. The Balaban J connectivity index is 2.83. The molecule has 0 aromatic heterocycles. The fourth-order valence-corrected chi connectivity index (χ4v) is 1.94. The summed E-state index contributed by atoms with van der Waals surface area (Å²) in [5, 5.41) is -1.75. The molecule has 0 aliphatic carbocycles. The van der Waals surface area contributed by atoms with Gasteiger partial charge in [0, 0.05) is 6.54 Å². The highest BCUT2D eigenvalue weighted by molar-refractivity contribution is 6.65. The summed E-state index contributed by atoms with van der Waals surface area (Å²) < 4.78 is 32.2. The topological polar surface area (TPSA) is 46.6 Å². The van der Waals surface area contributed by atoms with Crippen LogP contribution in [0, 0.1) is 0 Å². The minimum absolute atomic E-state index is 0.0324. The van der Waals surface area contributed by atoms with Crippen LogP contribution in [-0.2, 0) is 9.53 Å². The lowest BCUT2D eigenvalue weighted by molar-refractivity contribution is -0.142. The molecule has 1 fully saturated rings. The van der Waals surface area contributed by atoms with E-state index >= 15 is 0 Å². The Kier molecular flexibility index (Phi) is 4.20. The predicted octanol–water partition coefficient (Wildman–Crippen LogP) is 2.79. The molecule has 1 saturated heterocycles. The van der Waals surface area contributed by atoms with E-state index < -0.39 is 28.9 Å². The third-order valence-corrected chi connectivity index (χ3v) is 2.81. The molecular formula is C11H16ClF2NO3. The molecule has 7 heteroatoms. The number of halogens is 3. The molecular weight excluding hydrogens is 268 g/mol. The maximum absolute atomic E-state index is 13.6. The van der Waals surface area contributed by atoms with Crippen LogP contribution in [0.4, 0.5) is 13.6 Å². The predicted molar refractivity (Wildman–Crippen MR) is 61.8 cm³/mol. The standard InChI is InChI=1S/C11H16ClF2NO3/c1-10(2,3)18-9(17)15-6-4-5-7(15)11(13,14)8(12)16/h7H,4-6H2,1-3H3. The molecule has 4 nitrogen and oxygen atoms in total. The molecule has 1 atom stereocenters. The third-order valence-electron chi connectivity index (χ3n) is 2.56. The second-order valence-corrected chi connectivity index (χ2v) is 5.57. The van der Waals surface area contributed by atoms with Gasteiger partial charge < -0.3 is 4.74 Å². The van der Waals surface area contributed by atoms with Crippen LogP contribution in [0.2, 0.25) is 0 Å². The van der Waals surface area contributed by atoms with Gasteiger partial charge in [0.05, 0.1) is 0 Å². The normalized spacial score (nSPS) is 21.0. The smallest absolute Gasteiger partial charge is 0.410 e. The molecule has 1 unspecified atom stereocenters. The van der Waals surface area contributed by atoms with Crippen molar-refractivity contribution in [2.24, 2.45) is 0 Å². The van der Waals surface area contributed by atoms with Gasteiger partial charge in [0.1, 0.15) is 11.6 Å². The number of alkyl halides is 2. The van der Waals surface area contributed by atoms with E-state index in [9.17, 15) is 18.4 Å². The van der Waals surface area contributed by atoms with E-state index in [2.05, 4.69) is 0 Å². The molecule has 1 aliphatic heterocycles. The molecule has 0 N–H and O–H groups in total. The Bertz CT molecular complexity index is 355. The fraction of sp³-hybridized carbons (Fsp3) is 0.818. The zero-order valence-corrected chi connectivity index (χ0v) is 11.3. The summed E-state index contributed by atoms with van der Waals surface area (Å²) in [6, 6.07) is -1.52. The maximum Gasteiger partial charge on any atom is 0.410 e. The fourth-order valence-electron chi connectivity index (χ4n) is 1.81. The Hall–Kier alpha value is -0.910. The van der Waals surface area contributed by atoms with Crippen LogP contribution in [0.3, 0.4) is 0 Å². The molecule has 1 amide bonds. The van der Waals surface area contributed by atoms with Crippen molar-refractivity contribution < 1.29 is 23.1 Å². The van der Waals surface area contributed by atoms with Gasteiger partial charge in [-0.25, -0.2) is 4.79 Å². The number of likely N-dealkylation sites (tertiary alicyclic amines) is 1. The molecule has 0 bridgehead atoms. The lowest BCUT2D eigenvalue weighted by atomic mass is 10.1. The molecule has 1 rings (SSSR count). The van der Waals surface area contributed by atoms with Crippen LogP contribution in [0.25, 0.3) is 0 Å². The zero-order valence-electron chi connectivity index (χ0n) is 10.5. The van der Waals surface area contributed by atoms with Crippen molar-refractivity contribution in [3.63, 3.8) is 0 Å². The van der Waals surface area contributed by atoms with Gasteiger partial charge in [-0.1, -0.05) is 0 Å². The number of rotatable bonds is 2. The third kappa shape index (κ3) is 3.31. The first kappa shape index (κ1) is 15.1. The van der Waals surface area contributed by atoms with E-state index in [-0.39, 0.29) is 13.0 Å². The number of ether oxygens (including phenoxy) is 1. The molecule has 0 spiro atoms. The Morgan fingerprint density at radius 1 is 1.33 bits per heavy atom. The lowest BCUT2D eigenvalue weighted by Crippen LogP contribution is -2.50. The largest absolute Gasteiger partial charge is 0.444 e. The first-order valence-corrected chi connectivity index (χ1v) is 6.01. The first-order chi connectivity index (χ1) is 8.05. The Morgan fingerprint density at radius 3 is 2.33 bits per heavy atom. The quantitative estimate of drug-likeness (QED) is 0.732. The molecule has 0 aromatic rings. The van der Waals surface area contributed by atoms with Gasteiger partial charge in [-0.3, -0.25) is 9.69 Å². The van der Waals surface area contributed by atoms with Crippen LogP contribution in [-0.4, -0.2) is 40.3 Å². The number of hydrogen-bond acceptors (Lipinski definition) is 3. The SMILES string of the molecule is CC(C)(C)OC(=O)N1CCCC1C(F)(F)C(=O)Cl. The second kappa shape index (κ2) is 4.99. The van der Waals surface area contributed by atoms with E-state index in [1.54, 1.807) is 20.8 Å². The minimum atomic E-state index is -3.74. The first-order valence-electron chi connectivity index (χ1n) is 5.63. The van der Waals surface area contributed by atoms with Crippen molar-refractivity contribution in [2.45, 2.75) is 51.2 Å². The summed E-state index contributed by atoms with van der Waals surface area (Å²) in [6.45, 7) is 5.06. The number of amides is 1. The van der Waals surface area contributed by atoms with Gasteiger partial charge in [0.25, 0.3) is 5.24 Å². The van der Waals surface area contributed by atoms with Gasteiger partial charge in [-0.05, 0) is 45.2 Å². The number of nitrogens with zero attached hydrogens (tertiary/aromatic N) is 1. The summed E-state index contributed by atoms with van der Waals surface area (Å²) in [5.41, 5.74) is -0.773. The Morgan fingerprint density at radius 2 is 1.89 bits per heavy atom. The summed E-state index contributed by atoms with van der Waals surface area (Å²) in [7, 11) is 0. The lowest BCUT2D eigenvalue weighted by Gasteiger charge is -2.31. The van der Waals surface area contributed by atoms with Crippen LogP contribution in [0.5, 0.6) is 0 Å². The van der Waals surface area contributed by atoms with Crippen molar-refractivity contribution >= 4 is 22.9 Å². The van der Waals surface area contributed by atoms with Crippen molar-refractivity contribution in [3.8, 4) is 0 Å². The second-order valence-electron chi connectivity index (χ2n) is 5.23. The van der Waals surface area contributed by atoms with Gasteiger partial charge in [0.2, 0.25) is 0 Å². The van der Waals surface area contributed by atoms with Crippen molar-refractivity contribution in [3.05, 3.63) is 0 Å². The number of carbonyl (C=O) groups is 2. The van der Waals surface area contributed by atoms with Gasteiger partial charge in [0.15, 0.2) is 0 Å². The monoisotopic (exact) mass is 283 g/mol. The van der Waals surface area contributed by atoms with E-state index in [0.29, 0.717) is 6.42 Å². The molecule has 1 aliphatic rings. The highest BCUT2D eigenvalue weighted by Gasteiger charge is 2.52. The minimum Gasteiger partial charge on any atom is -0.444 e. The van der Waals surface area contributed by atoms with Crippen LogP contribution in [0.1, 0.15) is 33.6 Å². The highest BCUT2D eigenvalue weighted by atomic mass is 35.5. The molecule has 104 valence electrons. The highest BCUT2D eigenvalue weighted by Crippen LogP contribution is 2.34. The average molecular weight is 284 g/mol. The van der Waals surface area contributed by atoms with Crippen LogP contribution < -0.4 is 0 Å². The van der Waals surface area contributed by atoms with E-state index in [1.165, 1.54) is 0 Å². The number of carbonyl (C=O) groups excluding carboxylic acids is 2. The van der Waals surface area contributed by atoms with E-state index in [1.807, 2.05) is 0 Å². The van der Waals surface area contributed by atoms with Crippen molar-refractivity contribution in [2.75, 3.05) is 6.54 Å². The molecule has 1 heterocycles. The summed E-state index contributed by atoms with van der Waals surface area (Å²) in [6.07, 6.45) is -0.420. The zero-order chi connectivity index (χ0) is 14.1. The summed E-state index contributed by atoms with van der Waals surface area (Å²) >= 11 is 4.88. The maximum atomic E-state index is 13.6. The molecule has 0 saturated carbocycles. The van der Waals surface area contributed by atoms with Crippen LogP contribution in [0.15, 0.2) is 0 Å². The number of hydrogen-bond donors (Lipinski definition) is 0.